The quantitative estimate of drug-likeness (QED) is 0.484. The zero-order chi connectivity index (χ0) is 20.1. The van der Waals surface area contributed by atoms with Crippen LogP contribution in [0.4, 0.5) is 0 Å². The Morgan fingerprint density at radius 2 is 1.59 bits per heavy atom. The highest BCUT2D eigenvalue weighted by atomic mass is 32.2. The number of aryl methyl sites for hydroxylation is 1. The van der Waals surface area contributed by atoms with Crippen LogP contribution in [0.25, 0.3) is 0 Å². The van der Waals surface area contributed by atoms with Crippen molar-refractivity contribution < 1.29 is 17.5 Å². The molecule has 6 heteroatoms. The predicted molar refractivity (Wildman–Crippen MR) is 108 cm³/mol. The Bertz CT molecular complexity index is 938. The molecule has 0 bridgehead atoms. The molecule has 0 aliphatic heterocycles. The Balaban J connectivity index is 0.000000208. The summed E-state index contributed by atoms with van der Waals surface area (Å²) in [4.78, 5) is -0.178. The van der Waals surface area contributed by atoms with Crippen molar-refractivity contribution in [3.05, 3.63) is 82.3 Å². The summed E-state index contributed by atoms with van der Waals surface area (Å²) in [5.41, 5.74) is 6.06. The molecule has 0 amide bonds. The number of hydrogen-bond acceptors (Lipinski definition) is 4. The Labute approximate surface area is 165 Å². The van der Waals surface area contributed by atoms with Crippen LogP contribution in [-0.4, -0.2) is 13.0 Å². The van der Waals surface area contributed by atoms with Gasteiger partial charge in [-0.2, -0.15) is 4.57 Å². The van der Waals surface area contributed by atoms with Crippen LogP contribution in [0.1, 0.15) is 37.5 Å². The van der Waals surface area contributed by atoms with Crippen molar-refractivity contribution in [3.63, 3.8) is 0 Å². The minimum absolute atomic E-state index is 0.178. The molecule has 0 unspecified atom stereocenters. The summed E-state index contributed by atoms with van der Waals surface area (Å²) >= 11 is 1.73. The van der Waals surface area contributed by atoms with Gasteiger partial charge >= 0.3 is 0 Å². The molecule has 3 aromatic rings. The van der Waals surface area contributed by atoms with Crippen molar-refractivity contribution in [2.24, 2.45) is 0 Å². The van der Waals surface area contributed by atoms with E-state index in [1.807, 2.05) is 6.92 Å². The molecule has 0 saturated heterocycles. The zero-order valence-electron chi connectivity index (χ0n) is 16.0. The van der Waals surface area contributed by atoms with Crippen molar-refractivity contribution >= 4 is 21.5 Å². The van der Waals surface area contributed by atoms with Gasteiger partial charge in [0.15, 0.2) is 12.7 Å². The topological polar surface area (TPSA) is 61.1 Å². The normalized spacial score (nSPS) is 11.6. The second-order valence-electron chi connectivity index (χ2n) is 7.41. The van der Waals surface area contributed by atoms with Crippen molar-refractivity contribution in [1.29, 1.82) is 0 Å². The van der Waals surface area contributed by atoms with E-state index >= 15 is 0 Å². The Morgan fingerprint density at radius 3 is 2.04 bits per heavy atom. The van der Waals surface area contributed by atoms with E-state index in [-0.39, 0.29) is 10.3 Å². The van der Waals surface area contributed by atoms with Gasteiger partial charge < -0.3 is 4.55 Å². The Kier molecular flexibility index (Phi) is 6.92. The summed E-state index contributed by atoms with van der Waals surface area (Å²) in [6, 6.07) is 14.7. The molecule has 0 saturated carbocycles. The zero-order valence-corrected chi connectivity index (χ0v) is 17.7. The van der Waals surface area contributed by atoms with E-state index in [0.717, 1.165) is 12.1 Å². The van der Waals surface area contributed by atoms with E-state index in [2.05, 4.69) is 66.7 Å². The molecular weight excluding hydrogens is 378 g/mol. The fourth-order valence-electron chi connectivity index (χ4n) is 2.38. The number of hydrogen-bond donors (Lipinski definition) is 0. The minimum Gasteiger partial charge on any atom is -0.744 e. The highest BCUT2D eigenvalue weighted by Gasteiger charge is 2.13. The van der Waals surface area contributed by atoms with Crippen LogP contribution in [0.3, 0.4) is 0 Å². The molecule has 0 aliphatic rings. The predicted octanol–water partition coefficient (Wildman–Crippen LogP) is 4.28. The lowest BCUT2D eigenvalue weighted by Gasteiger charge is -2.18. The molecule has 0 atom stereocenters. The number of nitrogens with zero attached hydrogens (tertiary/aromatic N) is 1. The molecule has 2 aromatic carbocycles. The molecule has 144 valence electrons. The standard InChI is InChI=1S/C14H18NS.C7H8O3S/c1-14(2,3)13-6-4-12(5-7-13)10-15-8-9-16-11-15;1-6-2-4-7(5-3-6)11(8,9)10/h4-9,11H,10H2,1-3H3;2-5H,1H3,(H,8,9,10)/q+1;/p-1. The van der Waals surface area contributed by atoms with Gasteiger partial charge in [-0.25, -0.2) is 8.42 Å². The first-order chi connectivity index (χ1) is 12.6. The molecule has 0 aliphatic carbocycles. The minimum atomic E-state index is -4.27. The van der Waals surface area contributed by atoms with Gasteiger partial charge in [0.2, 0.25) is 5.51 Å². The van der Waals surface area contributed by atoms with E-state index in [1.165, 1.54) is 23.3 Å². The molecule has 0 N–H and O–H groups in total. The molecule has 1 heterocycles. The van der Waals surface area contributed by atoms with Gasteiger partial charge in [-0.3, -0.25) is 0 Å². The van der Waals surface area contributed by atoms with E-state index in [4.69, 9.17) is 0 Å². The number of benzene rings is 2. The van der Waals surface area contributed by atoms with Crippen LogP contribution in [0, 0.1) is 6.92 Å². The molecule has 3 rings (SSSR count). The fourth-order valence-corrected chi connectivity index (χ4v) is 3.45. The molecule has 0 radical (unpaired) electrons. The second kappa shape index (κ2) is 8.78. The summed E-state index contributed by atoms with van der Waals surface area (Å²) in [5.74, 6) is 0. The fraction of sp³-hybridized carbons (Fsp3) is 0.286. The van der Waals surface area contributed by atoms with Crippen LogP contribution in [-0.2, 0) is 22.1 Å². The van der Waals surface area contributed by atoms with Crippen molar-refractivity contribution in [2.75, 3.05) is 0 Å². The smallest absolute Gasteiger partial charge is 0.224 e. The van der Waals surface area contributed by atoms with Crippen molar-refractivity contribution in [3.8, 4) is 0 Å². The number of thiazole rings is 1. The van der Waals surface area contributed by atoms with Crippen LogP contribution >= 0.6 is 11.3 Å². The summed E-state index contributed by atoms with van der Waals surface area (Å²) in [6.07, 6.45) is 2.11. The molecule has 27 heavy (non-hydrogen) atoms. The third kappa shape index (κ3) is 6.90. The largest absolute Gasteiger partial charge is 0.744 e. The van der Waals surface area contributed by atoms with Gasteiger partial charge in [-0.15, -0.1) is 0 Å². The molecular formula is C21H25NO3S2. The maximum atomic E-state index is 10.4. The summed E-state index contributed by atoms with van der Waals surface area (Å²) in [7, 11) is -4.27. The molecule has 0 spiro atoms. The molecule has 4 nitrogen and oxygen atoms in total. The first-order valence-corrected chi connectivity index (χ1v) is 10.9. The van der Waals surface area contributed by atoms with Gasteiger partial charge in [0.25, 0.3) is 0 Å². The maximum absolute atomic E-state index is 10.4. The Hall–Kier alpha value is -2.02. The second-order valence-corrected chi connectivity index (χ2v) is 9.55. The average molecular weight is 404 g/mol. The van der Waals surface area contributed by atoms with Crippen LogP contribution in [0.2, 0.25) is 0 Å². The lowest BCUT2D eigenvalue weighted by molar-refractivity contribution is -0.683. The Morgan fingerprint density at radius 1 is 1.00 bits per heavy atom. The summed E-state index contributed by atoms with van der Waals surface area (Å²) in [5, 5.41) is 2.10. The average Bonchev–Trinajstić information content (AvgIpc) is 3.08. The monoisotopic (exact) mass is 403 g/mol. The SMILES string of the molecule is CC(C)(C)c1ccc(C[n+]2ccsc2)cc1.Cc1ccc(S(=O)(=O)[O-])cc1. The van der Waals surface area contributed by atoms with Crippen molar-refractivity contribution in [2.45, 2.75) is 44.6 Å². The van der Waals surface area contributed by atoms with E-state index in [9.17, 15) is 13.0 Å². The lowest BCUT2D eigenvalue weighted by atomic mass is 9.87. The summed E-state index contributed by atoms with van der Waals surface area (Å²) in [6.45, 7) is 9.52. The van der Waals surface area contributed by atoms with Crippen LogP contribution in [0.15, 0.2) is 70.5 Å². The highest BCUT2D eigenvalue weighted by Crippen LogP contribution is 2.22. The van der Waals surface area contributed by atoms with Gasteiger partial charge in [0.05, 0.1) is 10.3 Å². The molecule has 0 fully saturated rings. The third-order valence-electron chi connectivity index (χ3n) is 4.02. The van der Waals surface area contributed by atoms with E-state index in [0.29, 0.717) is 0 Å². The van der Waals surface area contributed by atoms with E-state index in [1.54, 1.807) is 23.5 Å². The van der Waals surface area contributed by atoms with E-state index < -0.39 is 10.1 Å². The van der Waals surface area contributed by atoms with Crippen LogP contribution in [0.5, 0.6) is 0 Å². The van der Waals surface area contributed by atoms with Gasteiger partial charge in [-0.05, 0) is 30.0 Å². The van der Waals surface area contributed by atoms with Gasteiger partial charge in [0, 0.05) is 5.56 Å². The maximum Gasteiger partial charge on any atom is 0.224 e. The van der Waals surface area contributed by atoms with Gasteiger partial charge in [0.1, 0.15) is 10.1 Å². The molecule has 1 aromatic heterocycles. The number of aromatic nitrogens is 1. The lowest BCUT2D eigenvalue weighted by Crippen LogP contribution is -2.30. The van der Waals surface area contributed by atoms with Crippen LogP contribution < -0.4 is 4.57 Å². The number of rotatable bonds is 3. The first-order valence-electron chi connectivity index (χ1n) is 8.59. The highest BCUT2D eigenvalue weighted by molar-refractivity contribution is 7.85. The first kappa shape index (κ1) is 21.3. The summed E-state index contributed by atoms with van der Waals surface area (Å²) < 4.78 is 33.4. The van der Waals surface area contributed by atoms with Gasteiger partial charge in [-0.1, -0.05) is 74.1 Å². The van der Waals surface area contributed by atoms with Crippen molar-refractivity contribution in [1.82, 2.24) is 0 Å². The third-order valence-corrected chi connectivity index (χ3v) is 5.54.